The van der Waals surface area contributed by atoms with Gasteiger partial charge in [-0.15, -0.1) is 0 Å². The predicted molar refractivity (Wildman–Crippen MR) is 76.8 cm³/mol. The molecule has 0 spiro atoms. The van der Waals surface area contributed by atoms with Gasteiger partial charge in [0.2, 0.25) is 0 Å². The van der Waals surface area contributed by atoms with Crippen LogP contribution in [-0.4, -0.2) is 14.5 Å². The molecule has 1 N–H and O–H groups in total. The Labute approximate surface area is 117 Å². The van der Waals surface area contributed by atoms with Gasteiger partial charge >= 0.3 is 0 Å². The van der Waals surface area contributed by atoms with E-state index in [1.165, 1.54) is 0 Å². The van der Waals surface area contributed by atoms with E-state index in [-0.39, 0.29) is 6.04 Å². The van der Waals surface area contributed by atoms with Crippen LogP contribution in [0.15, 0.2) is 53.7 Å². The van der Waals surface area contributed by atoms with Gasteiger partial charge in [-0.1, -0.05) is 0 Å². The zero-order valence-electron chi connectivity index (χ0n) is 11.4. The molecule has 3 heterocycles. The minimum atomic E-state index is 0.177. The number of nitrogens with zero attached hydrogens (tertiary/aromatic N) is 3. The van der Waals surface area contributed by atoms with Crippen LogP contribution in [0.1, 0.15) is 24.4 Å². The fourth-order valence-corrected chi connectivity index (χ4v) is 2.09. The van der Waals surface area contributed by atoms with Crippen LogP contribution in [-0.2, 0) is 0 Å². The number of hydrogen-bond donors (Lipinski definition) is 1. The van der Waals surface area contributed by atoms with Crippen LogP contribution >= 0.6 is 0 Å². The molecule has 0 radical (unpaired) electrons. The number of aromatic nitrogens is 3. The van der Waals surface area contributed by atoms with Gasteiger partial charge in [-0.25, -0.2) is 9.97 Å². The molecule has 3 rings (SSSR count). The third kappa shape index (κ3) is 2.42. The van der Waals surface area contributed by atoms with E-state index in [4.69, 9.17) is 4.42 Å². The lowest BCUT2D eigenvalue weighted by Crippen LogP contribution is -2.06. The second-order valence-corrected chi connectivity index (χ2v) is 4.67. The first-order valence-electron chi connectivity index (χ1n) is 6.49. The van der Waals surface area contributed by atoms with Crippen molar-refractivity contribution in [2.24, 2.45) is 0 Å². The van der Waals surface area contributed by atoms with Crippen molar-refractivity contribution in [1.82, 2.24) is 14.5 Å². The highest BCUT2D eigenvalue weighted by Gasteiger charge is 2.07. The number of anilines is 1. The third-order valence-corrected chi connectivity index (χ3v) is 3.25. The van der Waals surface area contributed by atoms with Crippen molar-refractivity contribution in [2.45, 2.75) is 19.9 Å². The fourth-order valence-electron chi connectivity index (χ4n) is 2.09. The molecule has 5 nitrogen and oxygen atoms in total. The molecule has 1 atom stereocenters. The van der Waals surface area contributed by atoms with Crippen LogP contribution in [0.25, 0.3) is 5.82 Å². The van der Waals surface area contributed by atoms with Gasteiger partial charge in [0.1, 0.15) is 11.6 Å². The van der Waals surface area contributed by atoms with Gasteiger partial charge in [0.15, 0.2) is 0 Å². The van der Waals surface area contributed by atoms with E-state index in [0.29, 0.717) is 0 Å². The summed E-state index contributed by atoms with van der Waals surface area (Å²) in [6.45, 7) is 4.04. The molecule has 3 aromatic heterocycles. The first-order chi connectivity index (χ1) is 9.74. The number of aryl methyl sites for hydroxylation is 1. The summed E-state index contributed by atoms with van der Waals surface area (Å²) in [7, 11) is 0. The first kappa shape index (κ1) is 12.5. The predicted octanol–water partition coefficient (Wildman–Crippen LogP) is 3.34. The molecule has 102 valence electrons. The molecule has 0 amide bonds. The van der Waals surface area contributed by atoms with Gasteiger partial charge in [-0.05, 0) is 32.0 Å². The van der Waals surface area contributed by atoms with Crippen LogP contribution in [0.3, 0.4) is 0 Å². The van der Waals surface area contributed by atoms with Crippen molar-refractivity contribution in [3.63, 3.8) is 0 Å². The Morgan fingerprint density at radius 2 is 2.15 bits per heavy atom. The highest BCUT2D eigenvalue weighted by atomic mass is 16.3. The zero-order valence-corrected chi connectivity index (χ0v) is 11.4. The summed E-state index contributed by atoms with van der Waals surface area (Å²) in [6.07, 6.45) is 8.92. The quantitative estimate of drug-likeness (QED) is 0.788. The maximum Gasteiger partial charge on any atom is 0.138 e. The highest BCUT2D eigenvalue weighted by molar-refractivity contribution is 5.45. The number of furan rings is 1. The van der Waals surface area contributed by atoms with Gasteiger partial charge in [0.25, 0.3) is 0 Å². The van der Waals surface area contributed by atoms with E-state index in [0.717, 1.165) is 22.9 Å². The molecule has 20 heavy (non-hydrogen) atoms. The normalized spacial score (nSPS) is 12.3. The number of rotatable bonds is 4. The molecule has 0 fully saturated rings. The van der Waals surface area contributed by atoms with Crippen LogP contribution in [0.4, 0.5) is 5.69 Å². The molecule has 0 aliphatic carbocycles. The smallest absolute Gasteiger partial charge is 0.138 e. The summed E-state index contributed by atoms with van der Waals surface area (Å²) in [4.78, 5) is 8.65. The van der Waals surface area contributed by atoms with E-state index in [9.17, 15) is 0 Å². The second kappa shape index (κ2) is 5.21. The van der Waals surface area contributed by atoms with Crippen molar-refractivity contribution in [3.05, 3.63) is 60.7 Å². The minimum absolute atomic E-state index is 0.177. The van der Waals surface area contributed by atoms with Gasteiger partial charge in [0, 0.05) is 18.0 Å². The highest BCUT2D eigenvalue weighted by Crippen LogP contribution is 2.19. The Bertz CT molecular complexity index is 670. The van der Waals surface area contributed by atoms with Crippen LogP contribution < -0.4 is 5.32 Å². The molecule has 0 aromatic carbocycles. The van der Waals surface area contributed by atoms with Crippen LogP contribution in [0, 0.1) is 6.92 Å². The average Bonchev–Trinajstić information content (AvgIpc) is 3.11. The molecule has 0 aliphatic heterocycles. The standard InChI is InChI=1S/C15H16N4O/c1-11(13-5-8-20-10-13)18-14-3-4-15(17-9-14)19-7-6-16-12(19)2/h3-11,18H,1-2H3. The summed E-state index contributed by atoms with van der Waals surface area (Å²) < 4.78 is 7.04. The molecule has 1 unspecified atom stereocenters. The van der Waals surface area contributed by atoms with Crippen LogP contribution in [0.2, 0.25) is 0 Å². The molecule has 0 saturated heterocycles. The fraction of sp³-hybridized carbons (Fsp3) is 0.200. The van der Waals surface area contributed by atoms with Gasteiger partial charge < -0.3 is 9.73 Å². The lowest BCUT2D eigenvalue weighted by Gasteiger charge is -2.13. The lowest BCUT2D eigenvalue weighted by atomic mass is 10.2. The van der Waals surface area contributed by atoms with E-state index in [1.807, 2.05) is 42.1 Å². The van der Waals surface area contributed by atoms with Crippen LogP contribution in [0.5, 0.6) is 0 Å². The monoisotopic (exact) mass is 268 g/mol. The average molecular weight is 268 g/mol. The van der Waals surface area contributed by atoms with Crippen molar-refractivity contribution in [1.29, 1.82) is 0 Å². The lowest BCUT2D eigenvalue weighted by molar-refractivity contribution is 0.562. The Morgan fingerprint density at radius 3 is 2.75 bits per heavy atom. The molecule has 0 bridgehead atoms. The third-order valence-electron chi connectivity index (χ3n) is 3.25. The van der Waals surface area contributed by atoms with E-state index < -0.39 is 0 Å². The minimum Gasteiger partial charge on any atom is -0.472 e. The van der Waals surface area contributed by atoms with E-state index in [1.54, 1.807) is 18.7 Å². The molecule has 0 aliphatic rings. The zero-order chi connectivity index (χ0) is 13.9. The van der Waals surface area contributed by atoms with Crippen molar-refractivity contribution < 1.29 is 4.42 Å². The Balaban J connectivity index is 1.75. The summed E-state index contributed by atoms with van der Waals surface area (Å²) in [6, 6.07) is 6.11. The molecule has 0 saturated carbocycles. The van der Waals surface area contributed by atoms with Gasteiger partial charge in [0.05, 0.1) is 30.5 Å². The van der Waals surface area contributed by atoms with E-state index in [2.05, 4.69) is 22.2 Å². The topological polar surface area (TPSA) is 55.9 Å². The molecule has 3 aromatic rings. The number of nitrogens with one attached hydrogen (secondary N) is 1. The number of hydrogen-bond acceptors (Lipinski definition) is 4. The first-order valence-corrected chi connectivity index (χ1v) is 6.49. The Morgan fingerprint density at radius 1 is 1.25 bits per heavy atom. The number of pyridine rings is 1. The Kier molecular flexibility index (Phi) is 3.25. The molecular formula is C15H16N4O. The molecule has 5 heteroatoms. The maximum absolute atomic E-state index is 5.09. The van der Waals surface area contributed by atoms with Crippen molar-refractivity contribution >= 4 is 5.69 Å². The number of imidazole rings is 1. The van der Waals surface area contributed by atoms with Gasteiger partial charge in [-0.2, -0.15) is 0 Å². The summed E-state index contributed by atoms with van der Waals surface area (Å²) in [5.74, 6) is 1.78. The molecular weight excluding hydrogens is 252 g/mol. The second-order valence-electron chi connectivity index (χ2n) is 4.67. The van der Waals surface area contributed by atoms with Gasteiger partial charge in [-0.3, -0.25) is 4.57 Å². The van der Waals surface area contributed by atoms with E-state index >= 15 is 0 Å². The maximum atomic E-state index is 5.09. The Hall–Kier alpha value is -2.56. The summed E-state index contributed by atoms with van der Waals surface area (Å²) >= 11 is 0. The SMILES string of the molecule is Cc1nccn1-c1ccc(NC(C)c2ccoc2)cn1. The summed E-state index contributed by atoms with van der Waals surface area (Å²) in [5, 5.41) is 3.38. The summed E-state index contributed by atoms with van der Waals surface area (Å²) in [5.41, 5.74) is 2.08. The van der Waals surface area contributed by atoms with Crippen molar-refractivity contribution in [3.8, 4) is 5.82 Å². The van der Waals surface area contributed by atoms with Crippen molar-refractivity contribution in [2.75, 3.05) is 5.32 Å². The largest absolute Gasteiger partial charge is 0.472 e.